The lowest BCUT2D eigenvalue weighted by Crippen LogP contribution is -2.07. The molecule has 2 N–H and O–H groups in total. The fraction of sp³-hybridized carbons (Fsp3) is 0.308. The number of halogens is 3. The SMILES string of the molecule is CC(C)n1c(N)cnc1Oc1ccc(C(F)(F)F)cc1. The molecule has 2 aromatic rings. The minimum absolute atomic E-state index is 0.0296. The van der Waals surface area contributed by atoms with Gasteiger partial charge in [-0.3, -0.25) is 4.57 Å². The van der Waals surface area contributed by atoms with E-state index >= 15 is 0 Å². The molecule has 0 unspecified atom stereocenters. The number of hydrogen-bond acceptors (Lipinski definition) is 3. The first-order chi connectivity index (χ1) is 9.29. The second-order valence-corrected chi connectivity index (χ2v) is 4.55. The molecule has 0 aliphatic rings. The van der Waals surface area contributed by atoms with Crippen molar-refractivity contribution in [2.24, 2.45) is 0 Å². The second-order valence-electron chi connectivity index (χ2n) is 4.55. The fourth-order valence-electron chi connectivity index (χ4n) is 1.77. The van der Waals surface area contributed by atoms with Gasteiger partial charge in [0.2, 0.25) is 0 Å². The number of rotatable bonds is 3. The van der Waals surface area contributed by atoms with Crippen molar-refractivity contribution in [3.8, 4) is 11.8 Å². The van der Waals surface area contributed by atoms with Gasteiger partial charge in [0.25, 0.3) is 0 Å². The van der Waals surface area contributed by atoms with Gasteiger partial charge in [-0.25, -0.2) is 4.98 Å². The van der Waals surface area contributed by atoms with Crippen molar-refractivity contribution >= 4 is 5.82 Å². The molecular formula is C13H14F3N3O. The van der Waals surface area contributed by atoms with Gasteiger partial charge < -0.3 is 10.5 Å². The molecule has 1 aromatic carbocycles. The maximum absolute atomic E-state index is 12.4. The van der Waals surface area contributed by atoms with Gasteiger partial charge in [0, 0.05) is 6.04 Å². The van der Waals surface area contributed by atoms with Crippen LogP contribution in [0, 0.1) is 0 Å². The van der Waals surface area contributed by atoms with Gasteiger partial charge in [-0.05, 0) is 38.1 Å². The van der Waals surface area contributed by atoms with E-state index in [9.17, 15) is 13.2 Å². The minimum atomic E-state index is -4.36. The van der Waals surface area contributed by atoms with Crippen molar-refractivity contribution in [3.05, 3.63) is 36.0 Å². The Bertz CT molecular complexity index is 588. The predicted octanol–water partition coefficient (Wildman–Crippen LogP) is 3.86. The van der Waals surface area contributed by atoms with Crippen LogP contribution in [-0.4, -0.2) is 9.55 Å². The molecule has 1 aromatic heterocycles. The quantitative estimate of drug-likeness (QED) is 0.931. The third-order valence-corrected chi connectivity index (χ3v) is 2.70. The highest BCUT2D eigenvalue weighted by atomic mass is 19.4. The fourth-order valence-corrected chi connectivity index (χ4v) is 1.77. The largest absolute Gasteiger partial charge is 0.425 e. The molecule has 0 radical (unpaired) electrons. The van der Waals surface area contributed by atoms with Crippen LogP contribution in [0.15, 0.2) is 30.5 Å². The van der Waals surface area contributed by atoms with Crippen molar-refractivity contribution in [1.82, 2.24) is 9.55 Å². The third kappa shape index (κ3) is 2.87. The highest BCUT2D eigenvalue weighted by Crippen LogP contribution is 2.32. The molecule has 2 rings (SSSR count). The topological polar surface area (TPSA) is 53.1 Å². The standard InChI is InChI=1S/C13H14F3N3O/c1-8(2)19-11(17)7-18-12(19)20-10-5-3-9(4-6-10)13(14,15)16/h3-8H,17H2,1-2H3. The van der Waals surface area contributed by atoms with E-state index in [-0.39, 0.29) is 17.8 Å². The van der Waals surface area contributed by atoms with Crippen LogP contribution in [-0.2, 0) is 6.18 Å². The zero-order valence-electron chi connectivity index (χ0n) is 11.0. The third-order valence-electron chi connectivity index (χ3n) is 2.70. The number of nitrogen functional groups attached to an aromatic ring is 1. The Kier molecular flexibility index (Phi) is 3.61. The summed E-state index contributed by atoms with van der Waals surface area (Å²) in [5.41, 5.74) is 5.02. The smallest absolute Gasteiger partial charge is 0.416 e. The van der Waals surface area contributed by atoms with Gasteiger partial charge in [0.05, 0.1) is 11.8 Å². The van der Waals surface area contributed by atoms with Crippen molar-refractivity contribution in [2.45, 2.75) is 26.1 Å². The van der Waals surface area contributed by atoms with Gasteiger partial charge in [-0.15, -0.1) is 0 Å². The lowest BCUT2D eigenvalue weighted by Gasteiger charge is -2.13. The first-order valence-corrected chi connectivity index (χ1v) is 5.97. The Balaban J connectivity index is 2.23. The predicted molar refractivity (Wildman–Crippen MR) is 68.5 cm³/mol. The van der Waals surface area contributed by atoms with E-state index < -0.39 is 11.7 Å². The highest BCUT2D eigenvalue weighted by molar-refractivity contribution is 5.35. The summed E-state index contributed by atoms with van der Waals surface area (Å²) in [6.45, 7) is 3.80. The van der Waals surface area contributed by atoms with Crippen LogP contribution in [0.3, 0.4) is 0 Å². The Labute approximate surface area is 114 Å². The van der Waals surface area contributed by atoms with E-state index in [1.54, 1.807) is 4.57 Å². The molecule has 7 heteroatoms. The number of anilines is 1. The lowest BCUT2D eigenvalue weighted by atomic mass is 10.2. The zero-order valence-corrected chi connectivity index (χ0v) is 11.0. The van der Waals surface area contributed by atoms with Crippen LogP contribution in [0.25, 0.3) is 0 Å². The van der Waals surface area contributed by atoms with E-state index in [0.29, 0.717) is 5.82 Å². The number of benzene rings is 1. The van der Waals surface area contributed by atoms with Crippen LogP contribution >= 0.6 is 0 Å². The molecule has 20 heavy (non-hydrogen) atoms. The second kappa shape index (κ2) is 5.07. The molecule has 0 saturated heterocycles. The summed E-state index contributed by atoms with van der Waals surface area (Å²) in [6, 6.07) is 4.69. The lowest BCUT2D eigenvalue weighted by molar-refractivity contribution is -0.137. The Morgan fingerprint density at radius 1 is 1.20 bits per heavy atom. The van der Waals surface area contributed by atoms with Gasteiger partial charge in [-0.2, -0.15) is 13.2 Å². The van der Waals surface area contributed by atoms with E-state index in [0.717, 1.165) is 12.1 Å². The number of ether oxygens (including phenoxy) is 1. The molecule has 108 valence electrons. The van der Waals surface area contributed by atoms with Crippen LogP contribution in [0.1, 0.15) is 25.5 Å². The van der Waals surface area contributed by atoms with Crippen LogP contribution < -0.4 is 10.5 Å². The molecule has 4 nitrogen and oxygen atoms in total. The summed E-state index contributed by atoms with van der Waals surface area (Å²) < 4.78 is 44.5. The first-order valence-electron chi connectivity index (χ1n) is 5.97. The van der Waals surface area contributed by atoms with E-state index in [1.807, 2.05) is 13.8 Å². The summed E-state index contributed by atoms with van der Waals surface area (Å²) in [5.74, 6) is 0.701. The van der Waals surface area contributed by atoms with Gasteiger partial charge >= 0.3 is 12.2 Å². The normalized spacial score (nSPS) is 11.9. The van der Waals surface area contributed by atoms with Gasteiger partial charge in [0.15, 0.2) is 0 Å². The number of nitrogens with zero attached hydrogens (tertiary/aromatic N) is 2. The molecule has 0 amide bonds. The van der Waals surface area contributed by atoms with Crippen LogP contribution in [0.2, 0.25) is 0 Å². The molecule has 0 spiro atoms. The highest BCUT2D eigenvalue weighted by Gasteiger charge is 2.30. The Morgan fingerprint density at radius 2 is 1.80 bits per heavy atom. The summed E-state index contributed by atoms with van der Waals surface area (Å²) >= 11 is 0. The monoisotopic (exact) mass is 285 g/mol. The van der Waals surface area contributed by atoms with Crippen molar-refractivity contribution in [2.75, 3.05) is 5.73 Å². The molecule has 0 saturated carbocycles. The average Bonchev–Trinajstić information content (AvgIpc) is 2.70. The number of hydrogen-bond donors (Lipinski definition) is 1. The molecule has 0 aliphatic heterocycles. The maximum atomic E-state index is 12.4. The summed E-state index contributed by atoms with van der Waals surface area (Å²) in [5, 5.41) is 0. The van der Waals surface area contributed by atoms with Crippen molar-refractivity contribution in [3.63, 3.8) is 0 Å². The molecule has 0 bridgehead atoms. The number of alkyl halides is 3. The van der Waals surface area contributed by atoms with Crippen LogP contribution in [0.5, 0.6) is 11.8 Å². The van der Waals surface area contributed by atoms with E-state index in [4.69, 9.17) is 10.5 Å². The number of imidazole rings is 1. The van der Waals surface area contributed by atoms with Crippen molar-refractivity contribution < 1.29 is 17.9 Å². The molecule has 1 heterocycles. The summed E-state index contributed by atoms with van der Waals surface area (Å²) in [7, 11) is 0. The summed E-state index contributed by atoms with van der Waals surface area (Å²) in [4.78, 5) is 4.00. The van der Waals surface area contributed by atoms with E-state index in [1.165, 1.54) is 18.3 Å². The van der Waals surface area contributed by atoms with Gasteiger partial charge in [-0.1, -0.05) is 0 Å². The zero-order chi connectivity index (χ0) is 14.9. The molecule has 0 aliphatic carbocycles. The molecular weight excluding hydrogens is 271 g/mol. The first kappa shape index (κ1) is 14.2. The van der Waals surface area contributed by atoms with Crippen LogP contribution in [0.4, 0.5) is 19.0 Å². The average molecular weight is 285 g/mol. The van der Waals surface area contributed by atoms with Gasteiger partial charge in [0.1, 0.15) is 11.6 Å². The number of aromatic nitrogens is 2. The number of nitrogens with two attached hydrogens (primary N) is 1. The minimum Gasteiger partial charge on any atom is -0.425 e. The Morgan fingerprint density at radius 3 is 2.30 bits per heavy atom. The maximum Gasteiger partial charge on any atom is 0.416 e. The van der Waals surface area contributed by atoms with E-state index in [2.05, 4.69) is 4.98 Å². The van der Waals surface area contributed by atoms with Crippen molar-refractivity contribution in [1.29, 1.82) is 0 Å². The summed E-state index contributed by atoms with van der Waals surface area (Å²) in [6.07, 6.45) is -2.92. The Hall–Kier alpha value is -2.18. The molecule has 0 atom stereocenters. The molecule has 0 fully saturated rings.